The van der Waals surface area contributed by atoms with Crippen LogP contribution in [0.25, 0.3) is 0 Å². The van der Waals surface area contributed by atoms with Crippen LogP contribution in [-0.4, -0.2) is 11.2 Å². The molecule has 0 saturated heterocycles. The number of aliphatic hydroxyl groups excluding tert-OH is 1. The maximum atomic E-state index is 10.2. The average Bonchev–Trinajstić information content (AvgIpc) is 3.10. The van der Waals surface area contributed by atoms with Crippen LogP contribution >= 0.6 is 0 Å². The summed E-state index contributed by atoms with van der Waals surface area (Å²) in [5, 5.41) is 10.2. The molecule has 15 heavy (non-hydrogen) atoms. The van der Waals surface area contributed by atoms with Gasteiger partial charge in [-0.3, -0.25) is 0 Å². The number of hydrogen-bond donors (Lipinski definition) is 1. The monoisotopic (exact) mass is 210 g/mol. The molecule has 1 nitrogen and oxygen atoms in total. The topological polar surface area (TPSA) is 20.2 Å². The Kier molecular flexibility index (Phi) is 4.07. The SMILES string of the molecule is CCC1CCCC(C(O)CCC2CC2)C1. The molecule has 3 atom stereocenters. The lowest BCUT2D eigenvalue weighted by Gasteiger charge is -2.31. The molecule has 1 N–H and O–H groups in total. The van der Waals surface area contributed by atoms with Gasteiger partial charge >= 0.3 is 0 Å². The molecule has 1 heteroatoms. The van der Waals surface area contributed by atoms with Crippen molar-refractivity contribution in [3.63, 3.8) is 0 Å². The molecule has 0 radical (unpaired) electrons. The Balaban J connectivity index is 1.70. The van der Waals surface area contributed by atoms with Crippen LogP contribution in [-0.2, 0) is 0 Å². The third-order valence-electron chi connectivity index (χ3n) is 4.51. The third-order valence-corrected chi connectivity index (χ3v) is 4.51. The summed E-state index contributed by atoms with van der Waals surface area (Å²) < 4.78 is 0. The molecule has 0 spiro atoms. The standard InChI is InChI=1S/C14H26O/c1-2-11-4-3-5-13(10-11)14(15)9-8-12-6-7-12/h11-15H,2-10H2,1H3. The second-order valence-corrected chi connectivity index (χ2v) is 5.79. The minimum atomic E-state index is 0.0138. The van der Waals surface area contributed by atoms with Gasteiger partial charge < -0.3 is 5.11 Å². The molecule has 0 heterocycles. The molecular formula is C14H26O. The van der Waals surface area contributed by atoms with E-state index < -0.39 is 0 Å². The van der Waals surface area contributed by atoms with E-state index >= 15 is 0 Å². The minimum absolute atomic E-state index is 0.0138. The molecular weight excluding hydrogens is 184 g/mol. The highest BCUT2D eigenvalue weighted by atomic mass is 16.3. The highest BCUT2D eigenvalue weighted by molar-refractivity contribution is 4.80. The zero-order valence-corrected chi connectivity index (χ0v) is 10.1. The second-order valence-electron chi connectivity index (χ2n) is 5.79. The Bertz CT molecular complexity index is 186. The van der Waals surface area contributed by atoms with Crippen LogP contribution in [0.1, 0.15) is 64.7 Å². The number of hydrogen-bond acceptors (Lipinski definition) is 1. The summed E-state index contributed by atoms with van der Waals surface area (Å²) in [5.74, 6) is 2.51. The molecule has 0 aliphatic heterocycles. The fourth-order valence-electron chi connectivity index (χ4n) is 3.10. The fourth-order valence-corrected chi connectivity index (χ4v) is 3.10. The maximum Gasteiger partial charge on any atom is 0.0568 e. The predicted octanol–water partition coefficient (Wildman–Crippen LogP) is 3.75. The molecule has 88 valence electrons. The van der Waals surface area contributed by atoms with Crippen molar-refractivity contribution in [1.29, 1.82) is 0 Å². The third kappa shape index (κ3) is 3.48. The molecule has 2 aliphatic carbocycles. The van der Waals surface area contributed by atoms with Gasteiger partial charge in [0, 0.05) is 0 Å². The first kappa shape index (κ1) is 11.4. The molecule has 0 aromatic rings. The van der Waals surface area contributed by atoms with E-state index in [1.54, 1.807) is 0 Å². The van der Waals surface area contributed by atoms with E-state index in [2.05, 4.69) is 6.92 Å². The summed E-state index contributed by atoms with van der Waals surface area (Å²) in [6, 6.07) is 0. The van der Waals surface area contributed by atoms with Crippen LogP contribution in [0, 0.1) is 17.8 Å². The Labute approximate surface area is 94.3 Å². The second kappa shape index (κ2) is 5.34. The van der Waals surface area contributed by atoms with Crippen LogP contribution in [0.2, 0.25) is 0 Å². The summed E-state index contributed by atoms with van der Waals surface area (Å²) in [7, 11) is 0. The normalized spacial score (nSPS) is 34.0. The number of aliphatic hydroxyl groups is 1. The predicted molar refractivity (Wildman–Crippen MR) is 63.7 cm³/mol. The molecule has 0 bridgehead atoms. The van der Waals surface area contributed by atoms with Crippen molar-refractivity contribution in [2.24, 2.45) is 17.8 Å². The quantitative estimate of drug-likeness (QED) is 0.732. The smallest absolute Gasteiger partial charge is 0.0568 e. The lowest BCUT2D eigenvalue weighted by Crippen LogP contribution is -2.26. The Morgan fingerprint density at radius 3 is 2.60 bits per heavy atom. The van der Waals surface area contributed by atoms with Crippen LogP contribution in [0.4, 0.5) is 0 Å². The molecule has 3 unspecified atom stereocenters. The van der Waals surface area contributed by atoms with Crippen LogP contribution in [0.3, 0.4) is 0 Å². The van der Waals surface area contributed by atoms with E-state index in [4.69, 9.17) is 0 Å². The zero-order valence-electron chi connectivity index (χ0n) is 10.1. The lowest BCUT2D eigenvalue weighted by molar-refractivity contribution is 0.0588. The zero-order chi connectivity index (χ0) is 10.7. The van der Waals surface area contributed by atoms with Crippen molar-refractivity contribution < 1.29 is 5.11 Å². The van der Waals surface area contributed by atoms with E-state index in [0.29, 0.717) is 5.92 Å². The van der Waals surface area contributed by atoms with Gasteiger partial charge in [-0.25, -0.2) is 0 Å². The first-order valence-corrected chi connectivity index (χ1v) is 6.97. The van der Waals surface area contributed by atoms with E-state index in [1.165, 1.54) is 51.4 Å². The van der Waals surface area contributed by atoms with Gasteiger partial charge in [0.05, 0.1) is 6.10 Å². The Morgan fingerprint density at radius 2 is 1.93 bits per heavy atom. The molecule has 2 saturated carbocycles. The molecule has 2 fully saturated rings. The summed E-state index contributed by atoms with van der Waals surface area (Å²) in [6.45, 7) is 2.30. The Morgan fingerprint density at radius 1 is 1.13 bits per heavy atom. The summed E-state index contributed by atoms with van der Waals surface area (Å²) in [4.78, 5) is 0. The molecule has 2 aliphatic rings. The highest BCUT2D eigenvalue weighted by Crippen LogP contribution is 2.37. The van der Waals surface area contributed by atoms with Gasteiger partial charge in [0.1, 0.15) is 0 Å². The van der Waals surface area contributed by atoms with Crippen molar-refractivity contribution in [2.75, 3.05) is 0 Å². The van der Waals surface area contributed by atoms with Crippen LogP contribution in [0.5, 0.6) is 0 Å². The fraction of sp³-hybridized carbons (Fsp3) is 1.00. The van der Waals surface area contributed by atoms with Gasteiger partial charge in [-0.2, -0.15) is 0 Å². The molecule has 0 aromatic carbocycles. The van der Waals surface area contributed by atoms with Crippen molar-refractivity contribution >= 4 is 0 Å². The van der Waals surface area contributed by atoms with Gasteiger partial charge in [0.15, 0.2) is 0 Å². The summed E-state index contributed by atoms with van der Waals surface area (Å²) in [5.41, 5.74) is 0. The van der Waals surface area contributed by atoms with Gasteiger partial charge in [-0.15, -0.1) is 0 Å². The van der Waals surface area contributed by atoms with Crippen molar-refractivity contribution in [3.05, 3.63) is 0 Å². The van der Waals surface area contributed by atoms with Gasteiger partial charge in [0.2, 0.25) is 0 Å². The van der Waals surface area contributed by atoms with Crippen molar-refractivity contribution in [3.8, 4) is 0 Å². The first-order chi connectivity index (χ1) is 7.29. The maximum absolute atomic E-state index is 10.2. The molecule has 0 aromatic heterocycles. The minimum Gasteiger partial charge on any atom is -0.393 e. The van der Waals surface area contributed by atoms with Gasteiger partial charge in [-0.1, -0.05) is 39.0 Å². The van der Waals surface area contributed by atoms with E-state index in [1.807, 2.05) is 0 Å². The highest BCUT2D eigenvalue weighted by Gasteiger charge is 2.28. The van der Waals surface area contributed by atoms with Crippen LogP contribution < -0.4 is 0 Å². The number of rotatable bonds is 5. The van der Waals surface area contributed by atoms with Crippen molar-refractivity contribution in [2.45, 2.75) is 70.8 Å². The summed E-state index contributed by atoms with van der Waals surface area (Å²) >= 11 is 0. The van der Waals surface area contributed by atoms with Crippen molar-refractivity contribution in [1.82, 2.24) is 0 Å². The first-order valence-electron chi connectivity index (χ1n) is 6.97. The summed E-state index contributed by atoms with van der Waals surface area (Å²) in [6.07, 6.45) is 11.9. The molecule has 0 amide bonds. The van der Waals surface area contributed by atoms with E-state index in [9.17, 15) is 5.11 Å². The largest absolute Gasteiger partial charge is 0.393 e. The Hall–Kier alpha value is -0.0400. The van der Waals surface area contributed by atoms with E-state index in [-0.39, 0.29) is 6.10 Å². The molecule has 2 rings (SSSR count). The van der Waals surface area contributed by atoms with Gasteiger partial charge in [-0.05, 0) is 43.4 Å². The average molecular weight is 210 g/mol. The van der Waals surface area contributed by atoms with E-state index in [0.717, 1.165) is 18.3 Å². The van der Waals surface area contributed by atoms with Crippen LogP contribution in [0.15, 0.2) is 0 Å². The van der Waals surface area contributed by atoms with Gasteiger partial charge in [0.25, 0.3) is 0 Å². The lowest BCUT2D eigenvalue weighted by atomic mass is 9.77.